The van der Waals surface area contributed by atoms with Gasteiger partial charge in [-0.05, 0) is 17.7 Å². The molecule has 1 aliphatic heterocycles. The van der Waals surface area contributed by atoms with Crippen LogP contribution >= 0.6 is 0 Å². The number of morpholine rings is 1. The molecule has 1 aromatic carbocycles. The summed E-state index contributed by atoms with van der Waals surface area (Å²) in [7, 11) is 0. The lowest BCUT2D eigenvalue weighted by Gasteiger charge is -2.28. The van der Waals surface area contributed by atoms with Gasteiger partial charge in [-0.2, -0.15) is 0 Å². The fraction of sp³-hybridized carbons (Fsp3) is 0.368. The third-order valence-electron chi connectivity index (χ3n) is 4.32. The molecule has 27 heavy (non-hydrogen) atoms. The van der Waals surface area contributed by atoms with Gasteiger partial charge < -0.3 is 14.5 Å². The highest BCUT2D eigenvalue weighted by atomic mass is 19.1. The maximum Gasteiger partial charge on any atom is 0.274 e. The molecule has 1 fully saturated rings. The van der Waals surface area contributed by atoms with E-state index in [0.29, 0.717) is 26.3 Å². The number of nitrogens with zero attached hydrogens (tertiary/aromatic N) is 4. The number of halogens is 1. The van der Waals surface area contributed by atoms with Crippen molar-refractivity contribution in [2.45, 2.75) is 13.0 Å². The summed E-state index contributed by atoms with van der Waals surface area (Å²) in [6.07, 6.45) is 4.53. The zero-order valence-electron chi connectivity index (χ0n) is 14.9. The Balaban J connectivity index is 1.69. The molecule has 8 heteroatoms. The van der Waals surface area contributed by atoms with Crippen molar-refractivity contribution < 1.29 is 18.7 Å². The molecule has 3 rings (SSSR count). The predicted molar refractivity (Wildman–Crippen MR) is 95.2 cm³/mol. The standard InChI is InChI=1S/C19H21FN4O3/c20-16-3-1-15(2-4-16)14-24(19(26)17-13-21-6-7-22-17)8-5-18(25)23-9-11-27-12-10-23/h1-4,6-7,13H,5,8-12,14H2. The highest BCUT2D eigenvalue weighted by molar-refractivity contribution is 5.92. The van der Waals surface area contributed by atoms with Crippen LogP contribution in [-0.2, 0) is 16.1 Å². The van der Waals surface area contributed by atoms with E-state index in [1.165, 1.54) is 35.6 Å². The number of hydrogen-bond acceptors (Lipinski definition) is 5. The molecule has 1 aromatic heterocycles. The van der Waals surface area contributed by atoms with Gasteiger partial charge in [-0.15, -0.1) is 0 Å². The number of carbonyl (C=O) groups is 2. The van der Waals surface area contributed by atoms with E-state index >= 15 is 0 Å². The second-order valence-corrected chi connectivity index (χ2v) is 6.19. The van der Waals surface area contributed by atoms with Gasteiger partial charge in [-0.3, -0.25) is 14.6 Å². The Morgan fingerprint density at radius 2 is 1.89 bits per heavy atom. The van der Waals surface area contributed by atoms with Crippen molar-refractivity contribution in [2.75, 3.05) is 32.8 Å². The summed E-state index contributed by atoms with van der Waals surface area (Å²) in [5.74, 6) is -0.676. The Bertz CT molecular complexity index is 764. The van der Waals surface area contributed by atoms with E-state index in [0.717, 1.165) is 5.56 Å². The van der Waals surface area contributed by atoms with E-state index in [1.54, 1.807) is 17.0 Å². The molecule has 7 nitrogen and oxygen atoms in total. The molecule has 0 bridgehead atoms. The van der Waals surface area contributed by atoms with Crippen molar-refractivity contribution in [2.24, 2.45) is 0 Å². The third kappa shape index (κ3) is 5.30. The van der Waals surface area contributed by atoms with Crippen molar-refractivity contribution in [3.8, 4) is 0 Å². The van der Waals surface area contributed by atoms with Crippen LogP contribution in [0.25, 0.3) is 0 Å². The molecule has 0 radical (unpaired) electrons. The van der Waals surface area contributed by atoms with Crippen LogP contribution in [0.15, 0.2) is 42.9 Å². The first-order valence-corrected chi connectivity index (χ1v) is 8.79. The van der Waals surface area contributed by atoms with E-state index in [1.807, 2.05) is 0 Å². The molecule has 1 aliphatic rings. The summed E-state index contributed by atoms with van der Waals surface area (Å²) in [6, 6.07) is 5.94. The second-order valence-electron chi connectivity index (χ2n) is 6.19. The molecule has 142 valence electrons. The van der Waals surface area contributed by atoms with Crippen LogP contribution in [0.1, 0.15) is 22.5 Å². The Morgan fingerprint density at radius 3 is 2.56 bits per heavy atom. The number of hydrogen-bond donors (Lipinski definition) is 0. The molecule has 0 atom stereocenters. The van der Waals surface area contributed by atoms with Crippen LogP contribution in [0.5, 0.6) is 0 Å². The minimum Gasteiger partial charge on any atom is -0.378 e. The predicted octanol–water partition coefficient (Wildman–Crippen LogP) is 1.51. The largest absolute Gasteiger partial charge is 0.378 e. The van der Waals surface area contributed by atoms with Gasteiger partial charge in [-0.25, -0.2) is 9.37 Å². The molecule has 0 unspecified atom stereocenters. The van der Waals surface area contributed by atoms with Gasteiger partial charge in [0, 0.05) is 45.0 Å². The van der Waals surface area contributed by atoms with Crippen molar-refractivity contribution in [3.05, 3.63) is 59.9 Å². The highest BCUT2D eigenvalue weighted by Crippen LogP contribution is 2.11. The Labute approximate surface area is 156 Å². The number of rotatable bonds is 6. The lowest BCUT2D eigenvalue weighted by atomic mass is 10.2. The van der Waals surface area contributed by atoms with Crippen molar-refractivity contribution in [1.29, 1.82) is 0 Å². The van der Waals surface area contributed by atoms with Gasteiger partial charge in [0.15, 0.2) is 0 Å². The summed E-state index contributed by atoms with van der Waals surface area (Å²) in [6.45, 7) is 2.69. The average molecular weight is 372 g/mol. The first-order chi connectivity index (χ1) is 13.1. The van der Waals surface area contributed by atoms with Crippen LogP contribution in [0.4, 0.5) is 4.39 Å². The summed E-state index contributed by atoms with van der Waals surface area (Å²) >= 11 is 0. The first kappa shape index (κ1) is 18.9. The van der Waals surface area contributed by atoms with E-state index < -0.39 is 0 Å². The van der Waals surface area contributed by atoms with Crippen molar-refractivity contribution in [3.63, 3.8) is 0 Å². The molecule has 1 saturated heterocycles. The Morgan fingerprint density at radius 1 is 1.15 bits per heavy atom. The lowest BCUT2D eigenvalue weighted by Crippen LogP contribution is -2.42. The molecular formula is C19H21FN4O3. The van der Waals surface area contributed by atoms with Crippen LogP contribution < -0.4 is 0 Å². The molecule has 0 spiro atoms. The van der Waals surface area contributed by atoms with Crippen molar-refractivity contribution in [1.82, 2.24) is 19.8 Å². The van der Waals surface area contributed by atoms with Gasteiger partial charge in [0.2, 0.25) is 5.91 Å². The molecule has 2 amide bonds. The van der Waals surface area contributed by atoms with Gasteiger partial charge in [0.1, 0.15) is 11.5 Å². The highest BCUT2D eigenvalue weighted by Gasteiger charge is 2.22. The van der Waals surface area contributed by atoms with Crippen molar-refractivity contribution >= 4 is 11.8 Å². The normalized spacial score (nSPS) is 14.0. The summed E-state index contributed by atoms with van der Waals surface area (Å²) in [5, 5.41) is 0. The quantitative estimate of drug-likeness (QED) is 0.768. The first-order valence-electron chi connectivity index (χ1n) is 8.79. The number of ether oxygens (including phenoxy) is 1. The maximum atomic E-state index is 13.1. The molecule has 0 N–H and O–H groups in total. The molecule has 0 aliphatic carbocycles. The zero-order valence-corrected chi connectivity index (χ0v) is 14.9. The number of benzene rings is 1. The van der Waals surface area contributed by atoms with Crippen LogP contribution in [0, 0.1) is 5.82 Å². The van der Waals surface area contributed by atoms with Crippen LogP contribution in [-0.4, -0.2) is 64.4 Å². The fourth-order valence-electron chi connectivity index (χ4n) is 2.84. The van der Waals surface area contributed by atoms with E-state index in [-0.39, 0.29) is 42.8 Å². The Hall–Kier alpha value is -2.87. The molecular weight excluding hydrogens is 351 g/mol. The van der Waals surface area contributed by atoms with Crippen LogP contribution in [0.2, 0.25) is 0 Å². The second kappa shape index (κ2) is 9.18. The van der Waals surface area contributed by atoms with Gasteiger partial charge in [0.05, 0.1) is 19.4 Å². The maximum absolute atomic E-state index is 13.1. The van der Waals surface area contributed by atoms with E-state index in [4.69, 9.17) is 4.74 Å². The number of carbonyl (C=O) groups excluding carboxylic acids is 2. The Kier molecular flexibility index (Phi) is 6.43. The summed E-state index contributed by atoms with van der Waals surface area (Å²) in [4.78, 5) is 36.5. The topological polar surface area (TPSA) is 75.6 Å². The van der Waals surface area contributed by atoms with Crippen LogP contribution in [0.3, 0.4) is 0 Å². The zero-order chi connectivity index (χ0) is 19.1. The molecule has 2 aromatic rings. The van der Waals surface area contributed by atoms with Gasteiger partial charge >= 0.3 is 0 Å². The third-order valence-corrected chi connectivity index (χ3v) is 4.32. The SMILES string of the molecule is O=C(CCN(Cc1ccc(F)cc1)C(=O)c1cnccn1)N1CCOCC1. The lowest BCUT2D eigenvalue weighted by molar-refractivity contribution is -0.135. The van der Waals surface area contributed by atoms with Gasteiger partial charge in [-0.1, -0.05) is 12.1 Å². The number of aromatic nitrogens is 2. The van der Waals surface area contributed by atoms with E-state index in [9.17, 15) is 14.0 Å². The fourth-order valence-corrected chi connectivity index (χ4v) is 2.84. The smallest absolute Gasteiger partial charge is 0.274 e. The summed E-state index contributed by atoms with van der Waals surface area (Å²) < 4.78 is 18.4. The average Bonchev–Trinajstić information content (AvgIpc) is 2.73. The minimum atomic E-state index is -0.340. The monoisotopic (exact) mass is 372 g/mol. The van der Waals surface area contributed by atoms with Gasteiger partial charge in [0.25, 0.3) is 5.91 Å². The number of amides is 2. The minimum absolute atomic E-state index is 0.0191. The molecule has 2 heterocycles. The van der Waals surface area contributed by atoms with E-state index in [2.05, 4.69) is 9.97 Å². The summed E-state index contributed by atoms with van der Waals surface area (Å²) in [5.41, 5.74) is 0.978. The molecule has 0 saturated carbocycles.